The third kappa shape index (κ3) is 22.2. The molecule has 2 rings (SSSR count). The summed E-state index contributed by atoms with van der Waals surface area (Å²) in [7, 11) is 2.02. The van der Waals surface area contributed by atoms with E-state index in [4.69, 9.17) is 17.2 Å². The summed E-state index contributed by atoms with van der Waals surface area (Å²) >= 11 is 0. The molecule has 0 aromatic heterocycles. The second-order valence-corrected chi connectivity index (χ2v) is 19.6. The Bertz CT molecular complexity index is 2060. The Morgan fingerprint density at radius 1 is 0.729 bits per heavy atom. The smallest absolute Gasteiger partial charge is 0.303 e. The van der Waals surface area contributed by atoms with Gasteiger partial charge in [0.25, 0.3) is 0 Å². The lowest BCUT2D eigenvalue weighted by molar-refractivity contribution is -0.139. The summed E-state index contributed by atoms with van der Waals surface area (Å²) < 4.78 is 0. The van der Waals surface area contributed by atoms with Crippen LogP contribution in [0.15, 0.2) is 24.3 Å². The number of phenols is 1. The number of aromatic hydroxyl groups is 1. The first-order valence-electron chi connectivity index (χ1n) is 22.4. The molecule has 1 saturated heterocycles. The molecule has 1 aromatic carbocycles. The van der Waals surface area contributed by atoms with Crippen LogP contribution in [-0.2, 0) is 64.0 Å². The first-order valence-corrected chi connectivity index (χ1v) is 24.9. The number of carbonyl (C=O) groups is 12. The molecule has 11 amide bonds. The van der Waals surface area contributed by atoms with Crippen LogP contribution in [0.3, 0.4) is 0 Å². The molecule has 0 saturated carbocycles. The molecule has 8 atom stereocenters. The number of nitrogens with one attached hydrogen (secondary N) is 8. The van der Waals surface area contributed by atoms with Crippen LogP contribution in [0.1, 0.15) is 84.6 Å². The summed E-state index contributed by atoms with van der Waals surface area (Å²) in [5.74, 6) is -12.7. The minimum absolute atomic E-state index is 0.0469. The third-order valence-corrected chi connectivity index (χ3v) is 13.0. The first-order chi connectivity index (χ1) is 32.9. The largest absolute Gasteiger partial charge is 0.508 e. The highest BCUT2D eigenvalue weighted by molar-refractivity contribution is 8.76. The zero-order valence-corrected chi connectivity index (χ0v) is 41.0. The van der Waals surface area contributed by atoms with Crippen molar-refractivity contribution >= 4 is 92.5 Å². The van der Waals surface area contributed by atoms with Crippen LogP contribution in [0.4, 0.5) is 0 Å². The topological polar surface area (TPSA) is 420 Å². The minimum atomic E-state index is -1.83. The van der Waals surface area contributed by atoms with Gasteiger partial charge in [0.15, 0.2) is 0 Å². The number of carbonyl (C=O) groups excluding carboxylic acids is 11. The second kappa shape index (κ2) is 30.1. The molecule has 0 spiro atoms. The number of phenolic OH excluding ortho intramolecular Hbond substituents is 1. The van der Waals surface area contributed by atoms with Gasteiger partial charge >= 0.3 is 5.97 Å². The first kappa shape index (κ1) is 59.5. The molecule has 16 N–H and O–H groups in total. The Hall–Kier alpha value is -6.64. The molecule has 1 aromatic rings. The van der Waals surface area contributed by atoms with E-state index in [1.807, 2.05) is 0 Å². The molecule has 1 heterocycles. The predicted molar refractivity (Wildman–Crippen MR) is 255 cm³/mol. The zero-order chi connectivity index (χ0) is 52.7. The fourth-order valence-electron chi connectivity index (χ4n) is 6.65. The van der Waals surface area contributed by atoms with E-state index in [9.17, 15) is 67.7 Å². The van der Waals surface area contributed by atoms with Crippen molar-refractivity contribution in [1.82, 2.24) is 42.5 Å². The van der Waals surface area contributed by atoms with Crippen LogP contribution >= 0.6 is 21.6 Å². The maximum absolute atomic E-state index is 14.1. The number of carboxylic acid groups (broad SMARTS) is 1. The van der Waals surface area contributed by atoms with Crippen molar-refractivity contribution in [2.75, 3.05) is 18.1 Å². The number of amides is 11. The third-order valence-electron chi connectivity index (χ3n) is 10.6. The number of carboxylic acids is 1. The van der Waals surface area contributed by atoms with E-state index in [1.54, 1.807) is 27.7 Å². The maximum Gasteiger partial charge on any atom is 0.303 e. The number of aliphatic carboxylic acids is 1. The van der Waals surface area contributed by atoms with Crippen molar-refractivity contribution in [1.29, 1.82) is 0 Å². The van der Waals surface area contributed by atoms with E-state index in [0.717, 1.165) is 21.6 Å². The Balaban J connectivity index is 2.63. The van der Waals surface area contributed by atoms with Gasteiger partial charge in [-0.05, 0) is 48.8 Å². The van der Waals surface area contributed by atoms with E-state index < -0.39 is 158 Å². The van der Waals surface area contributed by atoms with E-state index in [0.29, 0.717) is 12.0 Å². The van der Waals surface area contributed by atoms with Crippen molar-refractivity contribution in [2.45, 2.75) is 128 Å². The molecule has 1 aliphatic heterocycles. The molecule has 0 aliphatic carbocycles. The van der Waals surface area contributed by atoms with Gasteiger partial charge in [0.1, 0.15) is 48.0 Å². The van der Waals surface area contributed by atoms with E-state index in [1.165, 1.54) is 24.3 Å². The number of primary amides is 3. The standard InChI is InChI=1S/C43H65N11O14S2/c1-5-22(4)36-43(68)50-25(10-12-31(44)56)38(63)52-29(18-32(45)57)40(65)53-30(20-70-69-15-14-34(59)48-28(41(66)54-36)17-23-6-8-24(55)9-7-23)42(67)49-26(11-13-35(60)61)39(64)51-27(16-21(2)3)37(62)47-19-33(46)58/h6-9,21-22,25-30,36,55H,5,10-20H2,1-4H3,(H2,44,56)(H2,45,57)(H2,46,58)(H,47,62)(H,48,59)(H,49,67)(H,50,68)(H,51,64)(H,52,63)(H,53,65)(H,54,66)(H,60,61)/t22-,25-,26-,27-,28-,29-,30-,36-/m0/s1. The monoisotopic (exact) mass is 1020 g/mol. The molecule has 0 radical (unpaired) electrons. The Labute approximate surface area is 412 Å². The molecular weight excluding hydrogens is 959 g/mol. The van der Waals surface area contributed by atoms with Gasteiger partial charge in [0.2, 0.25) is 65.0 Å². The molecular formula is C43H65N11O14S2. The number of rotatable bonds is 21. The number of hydrogen-bond acceptors (Lipinski definition) is 15. The fraction of sp³-hybridized carbons (Fsp3) is 0.581. The van der Waals surface area contributed by atoms with Crippen LogP contribution < -0.4 is 59.7 Å². The molecule has 1 aliphatic rings. The average Bonchev–Trinajstić information content (AvgIpc) is 3.28. The molecule has 0 unspecified atom stereocenters. The summed E-state index contributed by atoms with van der Waals surface area (Å²) in [6, 6.07) is -4.72. The Morgan fingerprint density at radius 2 is 1.36 bits per heavy atom. The number of nitrogens with two attached hydrogens (primary N) is 3. The van der Waals surface area contributed by atoms with E-state index in [-0.39, 0.29) is 42.4 Å². The fourth-order valence-corrected chi connectivity index (χ4v) is 8.80. The van der Waals surface area contributed by atoms with Crippen molar-refractivity contribution < 1.29 is 67.7 Å². The number of benzene rings is 1. The Morgan fingerprint density at radius 3 is 1.94 bits per heavy atom. The minimum Gasteiger partial charge on any atom is -0.508 e. The highest BCUT2D eigenvalue weighted by Crippen LogP contribution is 2.24. The molecule has 388 valence electrons. The van der Waals surface area contributed by atoms with Gasteiger partial charge in [-0.15, -0.1) is 0 Å². The quantitative estimate of drug-likeness (QED) is 0.0540. The van der Waals surface area contributed by atoms with Gasteiger partial charge in [-0.1, -0.05) is 67.8 Å². The lowest BCUT2D eigenvalue weighted by atomic mass is 9.96. The summed E-state index contributed by atoms with van der Waals surface area (Å²) in [4.78, 5) is 157. The van der Waals surface area contributed by atoms with Crippen LogP contribution in [-0.4, -0.2) is 142 Å². The summed E-state index contributed by atoms with van der Waals surface area (Å²) in [6.07, 6.45) is -2.80. The normalized spacial score (nSPS) is 21.2. The van der Waals surface area contributed by atoms with E-state index in [2.05, 4.69) is 42.5 Å². The van der Waals surface area contributed by atoms with Crippen molar-refractivity contribution in [3.8, 4) is 5.75 Å². The SMILES string of the molecule is CC[C@H](C)[C@@H]1NC(=O)[C@H](Cc2ccc(O)cc2)NC(=O)CCSSC[C@@H](C(=O)N[C@@H](CCC(=O)O)C(=O)N[C@@H](CC(C)C)C(=O)NCC(N)=O)NC(=O)[C@H](CC(N)=O)NC(=O)[C@H](CCC(N)=O)NC1=O. The van der Waals surface area contributed by atoms with E-state index >= 15 is 0 Å². The maximum atomic E-state index is 14.1. The second-order valence-electron chi connectivity index (χ2n) is 16.9. The van der Waals surface area contributed by atoms with Crippen molar-refractivity contribution in [2.24, 2.45) is 29.0 Å². The van der Waals surface area contributed by atoms with Gasteiger partial charge in [-0.3, -0.25) is 57.5 Å². The lowest BCUT2D eigenvalue weighted by Crippen LogP contribution is -2.61. The average molecular weight is 1020 g/mol. The van der Waals surface area contributed by atoms with Crippen LogP contribution in [0.2, 0.25) is 0 Å². The molecule has 25 nitrogen and oxygen atoms in total. The van der Waals surface area contributed by atoms with Crippen LogP contribution in [0.5, 0.6) is 5.75 Å². The van der Waals surface area contributed by atoms with Crippen LogP contribution in [0, 0.1) is 11.8 Å². The number of hydrogen-bond donors (Lipinski definition) is 13. The summed E-state index contributed by atoms with van der Waals surface area (Å²) in [6.45, 7) is 6.29. The van der Waals surface area contributed by atoms with Gasteiger partial charge < -0.3 is 69.9 Å². The molecule has 70 heavy (non-hydrogen) atoms. The van der Waals surface area contributed by atoms with Crippen molar-refractivity contribution in [3.05, 3.63) is 29.8 Å². The molecule has 27 heteroatoms. The summed E-state index contributed by atoms with van der Waals surface area (Å²) in [5.41, 5.74) is 16.5. The predicted octanol–water partition coefficient (Wildman–Crippen LogP) is -3.19. The zero-order valence-electron chi connectivity index (χ0n) is 39.3. The van der Waals surface area contributed by atoms with Crippen LogP contribution in [0.25, 0.3) is 0 Å². The molecule has 1 fully saturated rings. The molecule has 0 bridgehead atoms. The highest BCUT2D eigenvalue weighted by atomic mass is 33.1. The summed E-state index contributed by atoms with van der Waals surface area (Å²) in [5, 5.41) is 39.1. The van der Waals surface area contributed by atoms with Gasteiger partial charge in [0.05, 0.1) is 13.0 Å². The van der Waals surface area contributed by atoms with Gasteiger partial charge in [-0.2, -0.15) is 0 Å². The van der Waals surface area contributed by atoms with Gasteiger partial charge in [0, 0.05) is 37.2 Å². The van der Waals surface area contributed by atoms with Crippen molar-refractivity contribution in [3.63, 3.8) is 0 Å². The van der Waals surface area contributed by atoms with Gasteiger partial charge in [-0.25, -0.2) is 0 Å². The lowest BCUT2D eigenvalue weighted by Gasteiger charge is -2.29. The Kier molecular flexibility index (Phi) is 25.6. The highest BCUT2D eigenvalue weighted by Gasteiger charge is 2.36.